The molecule has 0 saturated carbocycles. The maximum Gasteiger partial charge on any atom is 0.343 e. The first-order valence-electron chi connectivity index (χ1n) is 15.5. The van der Waals surface area contributed by atoms with E-state index in [9.17, 15) is 9.59 Å². The molecular weight excluding hydrogens is 520 g/mol. The van der Waals surface area contributed by atoms with Gasteiger partial charge in [-0.2, -0.15) is 0 Å². The fourth-order valence-corrected chi connectivity index (χ4v) is 5.99. The quantitative estimate of drug-likeness (QED) is 0.117. The van der Waals surface area contributed by atoms with Gasteiger partial charge in [0.1, 0.15) is 17.1 Å². The molecule has 42 heavy (non-hydrogen) atoms. The smallest absolute Gasteiger partial charge is 0.343 e. The second-order valence-electron chi connectivity index (χ2n) is 12.9. The third-order valence-electron chi connectivity index (χ3n) is 8.37. The van der Waals surface area contributed by atoms with Gasteiger partial charge in [-0.15, -0.1) is 0 Å². The zero-order chi connectivity index (χ0) is 31.2. The summed E-state index contributed by atoms with van der Waals surface area (Å²) in [6, 6.07) is 15.5. The van der Waals surface area contributed by atoms with Crippen molar-refractivity contribution in [3.05, 3.63) is 93.0 Å². The summed E-state index contributed by atoms with van der Waals surface area (Å²) in [5, 5.41) is 0. The second-order valence-corrected chi connectivity index (χ2v) is 12.9. The Labute approximate surface area is 253 Å². The van der Waals surface area contributed by atoms with Crippen LogP contribution in [0.15, 0.2) is 48.5 Å². The molecule has 4 nitrogen and oxygen atoms in total. The van der Waals surface area contributed by atoms with Crippen LogP contribution in [0.4, 0.5) is 0 Å². The molecule has 0 aliphatic carbocycles. The predicted molar refractivity (Wildman–Crippen MR) is 173 cm³/mol. The van der Waals surface area contributed by atoms with Crippen molar-refractivity contribution in [2.45, 2.75) is 113 Å². The summed E-state index contributed by atoms with van der Waals surface area (Å²) in [5.74, 6) is 1.14. The van der Waals surface area contributed by atoms with Crippen molar-refractivity contribution in [3.63, 3.8) is 0 Å². The minimum Gasteiger partial charge on any atom is -0.487 e. The Balaban J connectivity index is 1.79. The summed E-state index contributed by atoms with van der Waals surface area (Å²) >= 11 is 0. The summed E-state index contributed by atoms with van der Waals surface area (Å²) in [5.41, 5.74) is 6.78. The monoisotopic (exact) mass is 570 g/mol. The number of ketones is 1. The summed E-state index contributed by atoms with van der Waals surface area (Å²) in [4.78, 5) is 26.3. The molecule has 1 unspecified atom stereocenters. The minimum atomic E-state index is -0.476. The van der Waals surface area contributed by atoms with Crippen LogP contribution in [0.5, 0.6) is 11.5 Å². The van der Waals surface area contributed by atoms with E-state index in [1.165, 1.54) is 5.56 Å². The molecule has 0 aliphatic rings. The molecular formula is C38H50O4. The van der Waals surface area contributed by atoms with Crippen LogP contribution in [0, 0.1) is 33.1 Å². The number of Topliss-reactive ketones (excluding diaryl/α,β-unsaturated/α-hetero) is 1. The molecule has 0 aromatic heterocycles. The van der Waals surface area contributed by atoms with Crippen molar-refractivity contribution >= 4 is 11.8 Å². The average Bonchev–Trinajstić information content (AvgIpc) is 2.92. The SMILES string of the molecule is CCCC(C)(CC)Oc1c(C)cc(Cc2cc(C)c(OC(=O)c3cccc(C(=O)C(C)(C)CCC)c3)c(C)c2)cc1C. The molecule has 0 bridgehead atoms. The lowest BCUT2D eigenvalue weighted by Gasteiger charge is -2.31. The Morgan fingerprint density at radius 3 is 1.69 bits per heavy atom. The first kappa shape index (κ1) is 33.1. The van der Waals surface area contributed by atoms with Gasteiger partial charge in [-0.05, 0) is 106 Å². The van der Waals surface area contributed by atoms with Crippen LogP contribution in [-0.4, -0.2) is 17.4 Å². The van der Waals surface area contributed by atoms with Gasteiger partial charge in [-0.3, -0.25) is 4.79 Å². The van der Waals surface area contributed by atoms with E-state index in [2.05, 4.69) is 65.8 Å². The normalized spacial score (nSPS) is 13.0. The summed E-state index contributed by atoms with van der Waals surface area (Å²) in [7, 11) is 0. The second kappa shape index (κ2) is 13.7. The van der Waals surface area contributed by atoms with E-state index < -0.39 is 11.4 Å². The van der Waals surface area contributed by atoms with Crippen LogP contribution in [0.25, 0.3) is 0 Å². The van der Waals surface area contributed by atoms with Gasteiger partial charge < -0.3 is 9.47 Å². The molecule has 0 heterocycles. The highest BCUT2D eigenvalue weighted by Crippen LogP contribution is 2.34. The van der Waals surface area contributed by atoms with Gasteiger partial charge in [-0.25, -0.2) is 4.79 Å². The molecule has 0 fully saturated rings. The molecule has 3 rings (SSSR count). The van der Waals surface area contributed by atoms with Gasteiger partial charge in [0.2, 0.25) is 0 Å². The lowest BCUT2D eigenvalue weighted by Crippen LogP contribution is -2.31. The number of hydrogen-bond donors (Lipinski definition) is 0. The minimum absolute atomic E-state index is 0.0427. The van der Waals surface area contributed by atoms with Gasteiger partial charge in [0.25, 0.3) is 0 Å². The highest BCUT2D eigenvalue weighted by molar-refractivity contribution is 6.02. The van der Waals surface area contributed by atoms with E-state index in [1.807, 2.05) is 27.7 Å². The van der Waals surface area contributed by atoms with Crippen molar-refractivity contribution in [1.82, 2.24) is 0 Å². The lowest BCUT2D eigenvalue weighted by atomic mass is 9.80. The van der Waals surface area contributed by atoms with Gasteiger partial charge >= 0.3 is 5.97 Å². The third kappa shape index (κ3) is 7.91. The van der Waals surface area contributed by atoms with Gasteiger partial charge in [0.05, 0.1) is 5.56 Å². The molecule has 0 amide bonds. The van der Waals surface area contributed by atoms with Crippen LogP contribution in [0.3, 0.4) is 0 Å². The van der Waals surface area contributed by atoms with Crippen LogP contribution < -0.4 is 9.47 Å². The van der Waals surface area contributed by atoms with E-state index in [4.69, 9.17) is 9.47 Å². The highest BCUT2D eigenvalue weighted by Gasteiger charge is 2.28. The molecule has 4 heteroatoms. The van der Waals surface area contributed by atoms with Crippen LogP contribution in [0.1, 0.15) is 128 Å². The first-order valence-corrected chi connectivity index (χ1v) is 15.5. The molecule has 0 saturated heterocycles. The fraction of sp³-hybridized carbons (Fsp3) is 0.474. The zero-order valence-corrected chi connectivity index (χ0v) is 27.5. The number of ether oxygens (including phenoxy) is 2. The number of hydrogen-bond acceptors (Lipinski definition) is 4. The number of aryl methyl sites for hydroxylation is 4. The Kier molecular flexibility index (Phi) is 10.8. The Morgan fingerprint density at radius 2 is 1.19 bits per heavy atom. The zero-order valence-electron chi connectivity index (χ0n) is 27.5. The molecule has 226 valence electrons. The van der Waals surface area contributed by atoms with E-state index in [0.717, 1.165) is 72.1 Å². The summed E-state index contributed by atoms with van der Waals surface area (Å²) < 4.78 is 12.5. The molecule has 0 radical (unpaired) electrons. The molecule has 0 spiro atoms. The number of benzene rings is 3. The van der Waals surface area contributed by atoms with Crippen LogP contribution >= 0.6 is 0 Å². The Bertz CT molecular complexity index is 1380. The highest BCUT2D eigenvalue weighted by atomic mass is 16.5. The number of esters is 1. The van der Waals surface area contributed by atoms with E-state index >= 15 is 0 Å². The van der Waals surface area contributed by atoms with E-state index in [1.54, 1.807) is 24.3 Å². The number of carbonyl (C=O) groups excluding carboxylic acids is 2. The van der Waals surface area contributed by atoms with Crippen LogP contribution in [-0.2, 0) is 6.42 Å². The molecule has 3 aromatic rings. The van der Waals surface area contributed by atoms with E-state index in [0.29, 0.717) is 16.9 Å². The average molecular weight is 571 g/mol. The largest absolute Gasteiger partial charge is 0.487 e. The van der Waals surface area contributed by atoms with E-state index in [-0.39, 0.29) is 11.4 Å². The van der Waals surface area contributed by atoms with Crippen molar-refractivity contribution in [3.8, 4) is 11.5 Å². The van der Waals surface area contributed by atoms with Crippen molar-refractivity contribution in [2.24, 2.45) is 5.41 Å². The molecule has 0 N–H and O–H groups in total. The van der Waals surface area contributed by atoms with Crippen LogP contribution in [0.2, 0.25) is 0 Å². The Hall–Kier alpha value is -3.40. The summed E-state index contributed by atoms with van der Waals surface area (Å²) in [6.07, 6.45) is 5.58. The Morgan fingerprint density at radius 1 is 0.690 bits per heavy atom. The number of carbonyl (C=O) groups is 2. The lowest BCUT2D eigenvalue weighted by molar-refractivity contribution is 0.0722. The van der Waals surface area contributed by atoms with Crippen molar-refractivity contribution in [2.75, 3.05) is 0 Å². The van der Waals surface area contributed by atoms with Gasteiger partial charge in [-0.1, -0.05) is 83.9 Å². The third-order valence-corrected chi connectivity index (χ3v) is 8.37. The maximum absolute atomic E-state index is 13.2. The fourth-order valence-electron chi connectivity index (χ4n) is 5.99. The van der Waals surface area contributed by atoms with Gasteiger partial charge in [0, 0.05) is 11.0 Å². The van der Waals surface area contributed by atoms with Gasteiger partial charge in [0.15, 0.2) is 5.78 Å². The molecule has 0 aliphatic heterocycles. The van der Waals surface area contributed by atoms with Crippen molar-refractivity contribution in [1.29, 1.82) is 0 Å². The molecule has 3 aromatic carbocycles. The standard InChI is InChI=1S/C38H50O4/c1-11-17-37(8,9)35(39)31-15-14-16-32(24-31)36(40)41-33-25(4)19-29(20-26(33)5)23-30-21-27(6)34(28(7)22-30)42-38(10,13-3)18-12-2/h14-16,19-22,24H,11-13,17-18,23H2,1-10H3. The first-order chi connectivity index (χ1) is 19.7. The summed E-state index contributed by atoms with van der Waals surface area (Å²) in [6.45, 7) is 20.8. The topological polar surface area (TPSA) is 52.6 Å². The molecule has 1 atom stereocenters. The predicted octanol–water partition coefficient (Wildman–Crippen LogP) is 10.1. The number of rotatable bonds is 13. The van der Waals surface area contributed by atoms with Crippen molar-refractivity contribution < 1.29 is 19.1 Å². The maximum atomic E-state index is 13.2.